The van der Waals surface area contributed by atoms with Crippen LogP contribution in [-0.2, 0) is 6.42 Å². The van der Waals surface area contributed by atoms with Crippen molar-refractivity contribution >= 4 is 16.8 Å². The van der Waals surface area contributed by atoms with Gasteiger partial charge in [0.25, 0.3) is 5.91 Å². The number of nitrogens with one attached hydrogen (secondary N) is 1. The van der Waals surface area contributed by atoms with Crippen molar-refractivity contribution in [2.24, 2.45) is 0 Å². The molecule has 0 unspecified atom stereocenters. The van der Waals surface area contributed by atoms with E-state index in [0.29, 0.717) is 36.0 Å². The first kappa shape index (κ1) is 17.5. The van der Waals surface area contributed by atoms with Crippen molar-refractivity contribution in [2.45, 2.75) is 38.5 Å². The van der Waals surface area contributed by atoms with Gasteiger partial charge in [-0.3, -0.25) is 9.78 Å². The number of nitrogens with zero attached hydrogens (tertiary/aromatic N) is 3. The summed E-state index contributed by atoms with van der Waals surface area (Å²) < 4.78 is 10.6. The molecule has 0 radical (unpaired) electrons. The van der Waals surface area contributed by atoms with Crippen LogP contribution in [0.25, 0.3) is 10.9 Å². The van der Waals surface area contributed by atoms with Crippen molar-refractivity contribution in [2.75, 3.05) is 13.7 Å². The first-order chi connectivity index (χ1) is 13.1. The summed E-state index contributed by atoms with van der Waals surface area (Å²) in [5.74, 6) is 2.36. The Morgan fingerprint density at radius 2 is 2.15 bits per heavy atom. The lowest BCUT2D eigenvalue weighted by Crippen LogP contribution is -2.26. The van der Waals surface area contributed by atoms with Crippen molar-refractivity contribution in [3.05, 3.63) is 47.2 Å². The fourth-order valence-corrected chi connectivity index (χ4v) is 3.23. The van der Waals surface area contributed by atoms with Crippen LogP contribution in [0.15, 0.2) is 28.8 Å². The number of carbonyl (C=O) groups excluding carboxylic acids is 1. The molecule has 0 atom stereocenters. The predicted octanol–water partition coefficient (Wildman–Crippen LogP) is 3.17. The molecule has 140 valence electrons. The lowest BCUT2D eigenvalue weighted by Gasteiger charge is -2.20. The molecule has 1 amide bonds. The van der Waals surface area contributed by atoms with Gasteiger partial charge in [-0.1, -0.05) is 11.6 Å². The van der Waals surface area contributed by atoms with Gasteiger partial charge in [-0.25, -0.2) is 0 Å². The van der Waals surface area contributed by atoms with E-state index in [1.54, 1.807) is 13.2 Å². The average Bonchev–Trinajstić information content (AvgIpc) is 3.06. The molecule has 1 aliphatic rings. The Balaban J connectivity index is 1.44. The Morgan fingerprint density at radius 3 is 2.89 bits per heavy atom. The topological polar surface area (TPSA) is 90.1 Å². The van der Waals surface area contributed by atoms with Gasteiger partial charge in [0.1, 0.15) is 5.75 Å². The lowest BCUT2D eigenvalue weighted by molar-refractivity contribution is 0.0955. The Labute approximate surface area is 157 Å². The lowest BCUT2D eigenvalue weighted by atomic mass is 9.85. The Morgan fingerprint density at radius 1 is 1.30 bits per heavy atom. The highest BCUT2D eigenvalue weighted by Gasteiger charge is 2.25. The number of rotatable bonds is 6. The largest absolute Gasteiger partial charge is 0.497 e. The van der Waals surface area contributed by atoms with Crippen LogP contribution < -0.4 is 10.1 Å². The zero-order valence-corrected chi connectivity index (χ0v) is 15.5. The first-order valence-electron chi connectivity index (χ1n) is 9.20. The van der Waals surface area contributed by atoms with E-state index in [-0.39, 0.29) is 5.91 Å². The molecule has 0 bridgehead atoms. The Bertz CT molecular complexity index is 979. The second kappa shape index (κ2) is 7.34. The normalized spacial score (nSPS) is 14.1. The molecular formula is C20H22N4O3. The third-order valence-electron chi connectivity index (χ3n) is 4.96. The van der Waals surface area contributed by atoms with E-state index in [0.717, 1.165) is 35.3 Å². The van der Waals surface area contributed by atoms with Crippen LogP contribution in [0, 0.1) is 6.92 Å². The number of hydrogen-bond acceptors (Lipinski definition) is 6. The van der Waals surface area contributed by atoms with E-state index >= 15 is 0 Å². The average molecular weight is 366 g/mol. The predicted molar refractivity (Wildman–Crippen MR) is 100.0 cm³/mol. The molecule has 27 heavy (non-hydrogen) atoms. The van der Waals surface area contributed by atoms with E-state index in [9.17, 15) is 4.79 Å². The molecule has 2 aromatic heterocycles. The van der Waals surface area contributed by atoms with Crippen molar-refractivity contribution in [1.29, 1.82) is 0 Å². The second-order valence-corrected chi connectivity index (χ2v) is 6.88. The fraction of sp³-hybridized carbons (Fsp3) is 0.400. The number of aromatic nitrogens is 3. The Kier molecular flexibility index (Phi) is 4.75. The minimum Gasteiger partial charge on any atom is -0.497 e. The van der Waals surface area contributed by atoms with Crippen molar-refractivity contribution in [3.63, 3.8) is 0 Å². The summed E-state index contributed by atoms with van der Waals surface area (Å²) in [4.78, 5) is 21.6. The smallest absolute Gasteiger partial charge is 0.252 e. The van der Waals surface area contributed by atoms with Crippen LogP contribution in [0.3, 0.4) is 0 Å². The SMILES string of the molecule is COc1ccc2c(C(=O)NCCc3noc(C4CCC4)n3)cc(C)nc2c1. The highest BCUT2D eigenvalue weighted by molar-refractivity contribution is 6.06. The van der Waals surface area contributed by atoms with Gasteiger partial charge in [-0.2, -0.15) is 4.98 Å². The van der Waals surface area contributed by atoms with Gasteiger partial charge in [-0.05, 0) is 38.0 Å². The zero-order valence-electron chi connectivity index (χ0n) is 15.5. The molecule has 7 nitrogen and oxygen atoms in total. The summed E-state index contributed by atoms with van der Waals surface area (Å²) in [5.41, 5.74) is 2.12. The van der Waals surface area contributed by atoms with E-state index < -0.39 is 0 Å². The molecule has 7 heteroatoms. The number of amides is 1. The molecule has 1 fully saturated rings. The number of benzene rings is 1. The fourth-order valence-electron chi connectivity index (χ4n) is 3.23. The number of methoxy groups -OCH3 is 1. The maximum atomic E-state index is 12.7. The quantitative estimate of drug-likeness (QED) is 0.721. The number of aryl methyl sites for hydroxylation is 1. The maximum absolute atomic E-state index is 12.7. The summed E-state index contributed by atoms with van der Waals surface area (Å²) in [6.07, 6.45) is 4.01. The van der Waals surface area contributed by atoms with Gasteiger partial charge >= 0.3 is 0 Å². The summed E-state index contributed by atoms with van der Waals surface area (Å²) in [5, 5.41) is 7.75. The molecular weight excluding hydrogens is 344 g/mol. The molecule has 0 saturated heterocycles. The van der Waals surface area contributed by atoms with E-state index in [1.165, 1.54) is 6.42 Å². The van der Waals surface area contributed by atoms with Crippen LogP contribution in [0.5, 0.6) is 5.75 Å². The monoisotopic (exact) mass is 366 g/mol. The van der Waals surface area contributed by atoms with Crippen molar-refractivity contribution in [1.82, 2.24) is 20.4 Å². The molecule has 0 spiro atoms. The summed E-state index contributed by atoms with van der Waals surface area (Å²) in [7, 11) is 1.61. The van der Waals surface area contributed by atoms with Crippen LogP contribution in [0.1, 0.15) is 52.9 Å². The van der Waals surface area contributed by atoms with Crippen LogP contribution in [0.2, 0.25) is 0 Å². The standard InChI is InChI=1S/C20H22N4O3/c1-12-10-16(15-7-6-14(26-2)11-17(15)22-12)19(25)21-9-8-18-23-20(27-24-18)13-4-3-5-13/h6-7,10-11,13H,3-5,8-9H2,1-2H3,(H,21,25). The molecule has 2 heterocycles. The Hall–Kier alpha value is -2.96. The number of fused-ring (bicyclic) bond motifs is 1. The van der Waals surface area contributed by atoms with E-state index in [2.05, 4.69) is 20.4 Å². The van der Waals surface area contributed by atoms with E-state index in [1.807, 2.05) is 25.1 Å². The summed E-state index contributed by atoms with van der Waals surface area (Å²) in [6.45, 7) is 2.32. The molecule has 1 saturated carbocycles. The van der Waals surface area contributed by atoms with Crippen LogP contribution >= 0.6 is 0 Å². The van der Waals surface area contributed by atoms with Crippen molar-refractivity contribution < 1.29 is 14.1 Å². The van der Waals surface area contributed by atoms with Gasteiger partial charge in [0.05, 0.1) is 18.2 Å². The molecule has 1 aromatic carbocycles. The number of carbonyl (C=O) groups is 1. The first-order valence-corrected chi connectivity index (χ1v) is 9.20. The highest BCUT2D eigenvalue weighted by Crippen LogP contribution is 2.35. The number of hydrogen-bond donors (Lipinski definition) is 1. The van der Waals surface area contributed by atoms with Gasteiger partial charge in [-0.15, -0.1) is 0 Å². The molecule has 4 rings (SSSR count). The minimum absolute atomic E-state index is 0.140. The number of ether oxygens (including phenoxy) is 1. The van der Waals surface area contributed by atoms with Crippen molar-refractivity contribution in [3.8, 4) is 5.75 Å². The summed E-state index contributed by atoms with van der Waals surface area (Å²) in [6, 6.07) is 7.32. The van der Waals surface area contributed by atoms with Gasteiger partial charge < -0.3 is 14.6 Å². The third kappa shape index (κ3) is 3.63. The third-order valence-corrected chi connectivity index (χ3v) is 4.96. The molecule has 1 N–H and O–H groups in total. The van der Waals surface area contributed by atoms with Gasteiger partial charge in [0.2, 0.25) is 5.89 Å². The van der Waals surface area contributed by atoms with Gasteiger partial charge in [0.15, 0.2) is 5.82 Å². The van der Waals surface area contributed by atoms with Crippen LogP contribution in [-0.4, -0.2) is 34.7 Å². The minimum atomic E-state index is -0.140. The van der Waals surface area contributed by atoms with Crippen LogP contribution in [0.4, 0.5) is 0 Å². The highest BCUT2D eigenvalue weighted by atomic mass is 16.5. The second-order valence-electron chi connectivity index (χ2n) is 6.88. The summed E-state index contributed by atoms with van der Waals surface area (Å²) >= 11 is 0. The molecule has 3 aromatic rings. The molecule has 0 aliphatic heterocycles. The number of pyridine rings is 1. The molecule has 1 aliphatic carbocycles. The zero-order chi connectivity index (χ0) is 18.8. The van der Waals surface area contributed by atoms with E-state index in [4.69, 9.17) is 9.26 Å². The van der Waals surface area contributed by atoms with Gasteiger partial charge in [0, 0.05) is 36.0 Å². The maximum Gasteiger partial charge on any atom is 0.252 e.